The number of fused-ring (bicyclic) bond motifs is 1. The van der Waals surface area contributed by atoms with Crippen LogP contribution in [-0.4, -0.2) is 19.1 Å². The van der Waals surface area contributed by atoms with Crippen molar-refractivity contribution in [2.45, 2.75) is 0 Å². The van der Waals surface area contributed by atoms with E-state index in [2.05, 4.69) is 4.98 Å². The van der Waals surface area contributed by atoms with E-state index in [0.29, 0.717) is 5.56 Å². The summed E-state index contributed by atoms with van der Waals surface area (Å²) in [6.45, 7) is 0. The molecule has 0 unspecified atom stereocenters. The van der Waals surface area contributed by atoms with E-state index in [9.17, 15) is 4.39 Å². The van der Waals surface area contributed by atoms with Crippen LogP contribution in [0.2, 0.25) is 0 Å². The van der Waals surface area contributed by atoms with Gasteiger partial charge in [-0.1, -0.05) is 30.4 Å². The standard InChI is InChI=1S/C19H17FN2/c1-22(2)16-10-9-15(18(20)13-16)8-7-14-11-12-21-19-6-4-3-5-17(14)19/h3-13H,1-2H3/b8-7+. The maximum atomic E-state index is 14.1. The lowest BCUT2D eigenvalue weighted by atomic mass is 10.1. The number of hydrogen-bond acceptors (Lipinski definition) is 2. The third-order valence-corrected chi connectivity index (χ3v) is 3.63. The normalized spacial score (nSPS) is 11.2. The zero-order valence-electron chi connectivity index (χ0n) is 12.6. The van der Waals surface area contributed by atoms with Crippen LogP contribution in [0.5, 0.6) is 0 Å². The Morgan fingerprint density at radius 2 is 1.73 bits per heavy atom. The molecule has 1 aromatic heterocycles. The van der Waals surface area contributed by atoms with Crippen LogP contribution >= 0.6 is 0 Å². The summed E-state index contributed by atoms with van der Waals surface area (Å²) in [6.07, 6.45) is 5.50. The fourth-order valence-electron chi connectivity index (χ4n) is 2.37. The zero-order valence-corrected chi connectivity index (χ0v) is 12.6. The number of halogens is 1. The first kappa shape index (κ1) is 14.3. The van der Waals surface area contributed by atoms with Gasteiger partial charge in [-0.25, -0.2) is 4.39 Å². The summed E-state index contributed by atoms with van der Waals surface area (Å²) in [5.74, 6) is -0.221. The molecule has 3 rings (SSSR count). The molecule has 0 fully saturated rings. The molecule has 0 spiro atoms. The van der Waals surface area contributed by atoms with Crippen molar-refractivity contribution < 1.29 is 4.39 Å². The topological polar surface area (TPSA) is 16.1 Å². The van der Waals surface area contributed by atoms with E-state index in [1.165, 1.54) is 0 Å². The van der Waals surface area contributed by atoms with Gasteiger partial charge in [-0.05, 0) is 35.9 Å². The molecule has 0 saturated carbocycles. The van der Waals surface area contributed by atoms with E-state index in [4.69, 9.17) is 0 Å². The quantitative estimate of drug-likeness (QED) is 0.700. The second kappa shape index (κ2) is 5.98. The molecular weight excluding hydrogens is 275 g/mol. The van der Waals surface area contributed by atoms with Gasteiger partial charge < -0.3 is 4.90 Å². The van der Waals surface area contributed by atoms with Crippen LogP contribution in [0.25, 0.3) is 23.1 Å². The molecule has 1 heterocycles. The number of nitrogens with zero attached hydrogens (tertiary/aromatic N) is 2. The highest BCUT2D eigenvalue weighted by Crippen LogP contribution is 2.21. The summed E-state index contributed by atoms with van der Waals surface area (Å²) in [5, 5.41) is 1.06. The molecular formula is C19H17FN2. The van der Waals surface area contributed by atoms with Gasteiger partial charge in [0.25, 0.3) is 0 Å². The first-order valence-electron chi connectivity index (χ1n) is 7.14. The smallest absolute Gasteiger partial charge is 0.132 e. The van der Waals surface area contributed by atoms with Gasteiger partial charge in [-0.2, -0.15) is 0 Å². The van der Waals surface area contributed by atoms with Gasteiger partial charge in [-0.15, -0.1) is 0 Å². The minimum atomic E-state index is -0.221. The van der Waals surface area contributed by atoms with Gasteiger partial charge in [0.2, 0.25) is 0 Å². The predicted octanol–water partition coefficient (Wildman–Crippen LogP) is 4.61. The van der Waals surface area contributed by atoms with Crippen molar-refractivity contribution in [3.63, 3.8) is 0 Å². The van der Waals surface area contributed by atoms with Crippen LogP contribution in [0.15, 0.2) is 54.7 Å². The summed E-state index contributed by atoms with van der Waals surface area (Å²) in [5.41, 5.74) is 3.39. The molecule has 0 radical (unpaired) electrons. The number of rotatable bonds is 3. The molecule has 2 nitrogen and oxygen atoms in total. The molecule has 0 aliphatic heterocycles. The third kappa shape index (κ3) is 2.84. The van der Waals surface area contributed by atoms with E-state index in [1.54, 1.807) is 24.4 Å². The van der Waals surface area contributed by atoms with E-state index in [0.717, 1.165) is 22.2 Å². The molecule has 3 aromatic rings. The number of anilines is 1. The molecule has 0 N–H and O–H groups in total. The number of para-hydroxylation sites is 1. The Hall–Kier alpha value is -2.68. The number of benzene rings is 2. The monoisotopic (exact) mass is 292 g/mol. The van der Waals surface area contributed by atoms with Crippen LogP contribution in [0.1, 0.15) is 11.1 Å². The third-order valence-electron chi connectivity index (χ3n) is 3.63. The van der Waals surface area contributed by atoms with Crippen molar-refractivity contribution in [2.75, 3.05) is 19.0 Å². The highest BCUT2D eigenvalue weighted by molar-refractivity contribution is 5.90. The van der Waals surface area contributed by atoms with Crippen molar-refractivity contribution in [2.24, 2.45) is 0 Å². The Morgan fingerprint density at radius 1 is 0.955 bits per heavy atom. The molecule has 0 amide bonds. The molecule has 22 heavy (non-hydrogen) atoms. The molecule has 2 aromatic carbocycles. The molecule has 0 atom stereocenters. The lowest BCUT2D eigenvalue weighted by molar-refractivity contribution is 0.625. The van der Waals surface area contributed by atoms with E-state index >= 15 is 0 Å². The summed E-state index contributed by atoms with van der Waals surface area (Å²) in [6, 6.07) is 15.1. The fourth-order valence-corrected chi connectivity index (χ4v) is 2.37. The van der Waals surface area contributed by atoms with Crippen molar-refractivity contribution in [1.82, 2.24) is 4.98 Å². The van der Waals surface area contributed by atoms with Crippen LogP contribution < -0.4 is 4.90 Å². The Kier molecular flexibility index (Phi) is 3.88. The summed E-state index contributed by atoms with van der Waals surface area (Å²) < 4.78 is 14.1. The second-order valence-electron chi connectivity index (χ2n) is 5.35. The van der Waals surface area contributed by atoms with Crippen LogP contribution in [0.4, 0.5) is 10.1 Å². The number of hydrogen-bond donors (Lipinski definition) is 0. The predicted molar refractivity (Wildman–Crippen MR) is 91.4 cm³/mol. The zero-order chi connectivity index (χ0) is 15.5. The minimum Gasteiger partial charge on any atom is -0.378 e. The van der Waals surface area contributed by atoms with Gasteiger partial charge in [0, 0.05) is 36.9 Å². The molecule has 0 saturated heterocycles. The highest BCUT2D eigenvalue weighted by atomic mass is 19.1. The summed E-state index contributed by atoms with van der Waals surface area (Å²) in [4.78, 5) is 6.21. The maximum Gasteiger partial charge on any atom is 0.132 e. The Balaban J connectivity index is 1.96. The van der Waals surface area contributed by atoms with Gasteiger partial charge in [0.05, 0.1) is 5.52 Å². The molecule has 0 bridgehead atoms. The van der Waals surface area contributed by atoms with E-state index < -0.39 is 0 Å². The lowest BCUT2D eigenvalue weighted by Crippen LogP contribution is -2.08. The van der Waals surface area contributed by atoms with Gasteiger partial charge >= 0.3 is 0 Å². The number of pyridine rings is 1. The number of aromatic nitrogens is 1. The van der Waals surface area contributed by atoms with Gasteiger partial charge in [-0.3, -0.25) is 4.98 Å². The van der Waals surface area contributed by atoms with Crippen LogP contribution in [-0.2, 0) is 0 Å². The van der Waals surface area contributed by atoms with Gasteiger partial charge in [0.15, 0.2) is 0 Å². The summed E-state index contributed by atoms with van der Waals surface area (Å²) >= 11 is 0. The van der Waals surface area contributed by atoms with Crippen molar-refractivity contribution in [3.8, 4) is 0 Å². The Labute approximate surface area is 129 Å². The van der Waals surface area contributed by atoms with Crippen LogP contribution in [0, 0.1) is 5.82 Å². The molecule has 110 valence electrons. The fraction of sp³-hybridized carbons (Fsp3) is 0.105. The average molecular weight is 292 g/mol. The largest absolute Gasteiger partial charge is 0.378 e. The molecule has 3 heteroatoms. The SMILES string of the molecule is CN(C)c1ccc(/C=C/c2ccnc3ccccc23)c(F)c1. The Morgan fingerprint density at radius 3 is 2.50 bits per heavy atom. The lowest BCUT2D eigenvalue weighted by Gasteiger charge is -2.12. The van der Waals surface area contributed by atoms with Crippen molar-refractivity contribution in [1.29, 1.82) is 0 Å². The van der Waals surface area contributed by atoms with Crippen LogP contribution in [0.3, 0.4) is 0 Å². The van der Waals surface area contributed by atoms with E-state index in [1.807, 2.05) is 61.5 Å². The van der Waals surface area contributed by atoms with Gasteiger partial charge in [0.1, 0.15) is 5.82 Å². The summed E-state index contributed by atoms with van der Waals surface area (Å²) in [7, 11) is 3.79. The second-order valence-corrected chi connectivity index (χ2v) is 5.35. The van der Waals surface area contributed by atoms with Crippen molar-refractivity contribution >= 4 is 28.7 Å². The average Bonchev–Trinajstić information content (AvgIpc) is 2.53. The first-order valence-corrected chi connectivity index (χ1v) is 7.14. The first-order chi connectivity index (χ1) is 10.6. The van der Waals surface area contributed by atoms with Crippen molar-refractivity contribution in [3.05, 3.63) is 71.7 Å². The minimum absolute atomic E-state index is 0.221. The highest BCUT2D eigenvalue weighted by Gasteiger charge is 2.03. The maximum absolute atomic E-state index is 14.1. The molecule has 0 aliphatic carbocycles. The van der Waals surface area contributed by atoms with E-state index in [-0.39, 0.29) is 5.82 Å². The molecule has 0 aliphatic rings. The Bertz CT molecular complexity index is 832.